The predicted octanol–water partition coefficient (Wildman–Crippen LogP) is 1.80. The van der Waals surface area contributed by atoms with Gasteiger partial charge in [-0.1, -0.05) is 30.3 Å². The van der Waals surface area contributed by atoms with E-state index in [1.54, 1.807) is 6.20 Å². The lowest BCUT2D eigenvalue weighted by molar-refractivity contribution is -0.117. The van der Waals surface area contributed by atoms with Gasteiger partial charge in [-0.25, -0.2) is 17.7 Å². The van der Waals surface area contributed by atoms with Gasteiger partial charge in [0.1, 0.15) is 0 Å². The number of carbonyl (C=O) groups excluding carboxylic acids is 1. The minimum atomic E-state index is -3.31. The highest BCUT2D eigenvalue weighted by Crippen LogP contribution is 2.17. The molecule has 10 heteroatoms. The fraction of sp³-hybridized carbons (Fsp3) is 0.500. The summed E-state index contributed by atoms with van der Waals surface area (Å²) in [7, 11) is -3.31. The molecule has 30 heavy (non-hydrogen) atoms. The van der Waals surface area contributed by atoms with E-state index in [0.29, 0.717) is 44.5 Å². The van der Waals surface area contributed by atoms with Gasteiger partial charge in [0.2, 0.25) is 15.9 Å². The molecule has 1 aromatic carbocycles. The molecule has 1 aliphatic heterocycles. The Labute approximate surface area is 181 Å². The largest absolute Gasteiger partial charge is 0.376 e. The van der Waals surface area contributed by atoms with Crippen molar-refractivity contribution < 1.29 is 17.9 Å². The topological polar surface area (TPSA) is 91.8 Å². The molecule has 1 N–H and O–H groups in total. The third-order valence-corrected chi connectivity index (χ3v) is 6.91. The average molecular weight is 453 g/mol. The molecule has 3 rings (SSSR count). The highest BCUT2D eigenvalue weighted by atomic mass is 32.2. The fourth-order valence-corrected chi connectivity index (χ4v) is 4.96. The lowest BCUT2D eigenvalue weighted by Gasteiger charge is -2.23. The zero-order valence-electron chi connectivity index (χ0n) is 17.3. The molecule has 0 saturated carbocycles. The van der Waals surface area contributed by atoms with Crippen molar-refractivity contribution in [2.45, 2.75) is 13.5 Å². The van der Waals surface area contributed by atoms with Crippen LogP contribution in [0, 0.1) is 12.8 Å². The molecule has 0 radical (unpaired) electrons. The molecule has 2 heterocycles. The Hall–Kier alpha value is -1.85. The van der Waals surface area contributed by atoms with E-state index in [2.05, 4.69) is 10.3 Å². The normalized spacial score (nSPS) is 18.8. The first-order valence-corrected chi connectivity index (χ1v) is 12.5. The van der Waals surface area contributed by atoms with Crippen molar-refractivity contribution in [2.75, 3.05) is 50.9 Å². The van der Waals surface area contributed by atoms with Crippen molar-refractivity contribution in [3.8, 4) is 0 Å². The molecule has 0 spiro atoms. The maximum atomic E-state index is 12.4. The first-order valence-electron chi connectivity index (χ1n) is 9.81. The minimum absolute atomic E-state index is 0.0270. The van der Waals surface area contributed by atoms with Gasteiger partial charge in [0.25, 0.3) is 0 Å². The summed E-state index contributed by atoms with van der Waals surface area (Å²) in [6, 6.07) is 9.86. The summed E-state index contributed by atoms with van der Waals surface area (Å²) in [6.45, 7) is 4.84. The van der Waals surface area contributed by atoms with Gasteiger partial charge in [0.05, 0.1) is 26.0 Å². The Morgan fingerprint density at radius 3 is 2.70 bits per heavy atom. The van der Waals surface area contributed by atoms with Crippen LogP contribution >= 0.6 is 11.3 Å². The fourth-order valence-electron chi connectivity index (χ4n) is 3.39. The van der Waals surface area contributed by atoms with E-state index in [-0.39, 0.29) is 18.4 Å². The van der Waals surface area contributed by atoms with Crippen LogP contribution in [-0.4, -0.2) is 74.1 Å². The number of nitrogens with one attached hydrogen (secondary N) is 1. The van der Waals surface area contributed by atoms with Crippen molar-refractivity contribution in [1.82, 2.24) is 14.2 Å². The van der Waals surface area contributed by atoms with Gasteiger partial charge in [-0.05, 0) is 12.5 Å². The van der Waals surface area contributed by atoms with Gasteiger partial charge in [-0.15, -0.1) is 11.3 Å². The molecule has 0 unspecified atom stereocenters. The third kappa shape index (κ3) is 7.13. The van der Waals surface area contributed by atoms with Crippen molar-refractivity contribution >= 4 is 32.4 Å². The molecule has 1 atom stereocenters. The number of sulfonamides is 1. The summed E-state index contributed by atoms with van der Waals surface area (Å²) < 4.78 is 31.6. The molecular weight excluding hydrogens is 424 g/mol. The highest BCUT2D eigenvalue weighted by molar-refractivity contribution is 7.88. The number of carbonyl (C=O) groups is 1. The van der Waals surface area contributed by atoms with Crippen LogP contribution in [0.1, 0.15) is 10.4 Å². The Kier molecular flexibility index (Phi) is 7.95. The standard InChI is InChI=1S/C20H28N4O4S2/c1-16-10-21-20(29-16)22-19(25)13-23-8-9-24(30(2,26)27)12-18(11-23)15-28-14-17-6-4-3-5-7-17/h3-7,10,18H,8-9,11-15H2,1-2H3,(H,21,22,25)/t18-/m0/s1. The second-order valence-electron chi connectivity index (χ2n) is 7.55. The lowest BCUT2D eigenvalue weighted by Crippen LogP contribution is -2.38. The Balaban J connectivity index is 1.58. The summed E-state index contributed by atoms with van der Waals surface area (Å²) in [5, 5.41) is 3.39. The Morgan fingerprint density at radius 2 is 2.03 bits per heavy atom. The number of anilines is 1. The summed E-state index contributed by atoms with van der Waals surface area (Å²) in [5.41, 5.74) is 1.07. The van der Waals surface area contributed by atoms with E-state index >= 15 is 0 Å². The van der Waals surface area contributed by atoms with E-state index in [4.69, 9.17) is 4.74 Å². The molecule has 1 saturated heterocycles. The summed E-state index contributed by atoms with van der Waals surface area (Å²) in [5.74, 6) is -0.179. The second-order valence-corrected chi connectivity index (χ2v) is 10.8. The van der Waals surface area contributed by atoms with E-state index in [1.165, 1.54) is 21.9 Å². The first kappa shape index (κ1) is 22.8. The van der Waals surface area contributed by atoms with E-state index in [1.807, 2.05) is 42.2 Å². The SMILES string of the molecule is Cc1cnc(NC(=O)CN2CCN(S(C)(=O)=O)C[C@@H](COCc3ccccc3)C2)s1. The van der Waals surface area contributed by atoms with Crippen molar-refractivity contribution in [3.05, 3.63) is 47.0 Å². The summed E-state index contributed by atoms with van der Waals surface area (Å²) in [6.07, 6.45) is 2.94. The quantitative estimate of drug-likeness (QED) is 0.657. The number of benzene rings is 1. The minimum Gasteiger partial charge on any atom is -0.376 e. The van der Waals surface area contributed by atoms with Crippen LogP contribution in [0.2, 0.25) is 0 Å². The Bertz CT molecular complexity index is 933. The number of nitrogens with zero attached hydrogens (tertiary/aromatic N) is 3. The number of hydrogen-bond donors (Lipinski definition) is 1. The second kappa shape index (κ2) is 10.5. The van der Waals surface area contributed by atoms with Gasteiger partial charge in [0.15, 0.2) is 5.13 Å². The number of rotatable bonds is 8. The van der Waals surface area contributed by atoms with Crippen LogP contribution in [0.3, 0.4) is 0 Å². The van der Waals surface area contributed by atoms with Crippen LogP contribution in [-0.2, 0) is 26.2 Å². The summed E-state index contributed by atoms with van der Waals surface area (Å²) >= 11 is 1.43. The summed E-state index contributed by atoms with van der Waals surface area (Å²) in [4.78, 5) is 19.6. The predicted molar refractivity (Wildman–Crippen MR) is 118 cm³/mol. The molecule has 0 aliphatic carbocycles. The molecule has 8 nitrogen and oxygen atoms in total. The van der Waals surface area contributed by atoms with Gasteiger partial charge in [-0.3, -0.25) is 9.69 Å². The van der Waals surface area contributed by atoms with Gasteiger partial charge in [0, 0.05) is 43.2 Å². The van der Waals surface area contributed by atoms with Gasteiger partial charge >= 0.3 is 0 Å². The number of thiazole rings is 1. The van der Waals surface area contributed by atoms with Crippen molar-refractivity contribution in [1.29, 1.82) is 0 Å². The van der Waals surface area contributed by atoms with E-state index in [0.717, 1.165) is 10.4 Å². The maximum Gasteiger partial charge on any atom is 0.240 e. The third-order valence-electron chi connectivity index (χ3n) is 4.81. The van der Waals surface area contributed by atoms with Crippen LogP contribution in [0.5, 0.6) is 0 Å². The van der Waals surface area contributed by atoms with Crippen molar-refractivity contribution in [2.24, 2.45) is 5.92 Å². The molecule has 1 aliphatic rings. The molecule has 2 aromatic rings. The smallest absolute Gasteiger partial charge is 0.240 e. The zero-order valence-corrected chi connectivity index (χ0v) is 18.9. The van der Waals surface area contributed by atoms with Gasteiger partial charge in [-0.2, -0.15) is 0 Å². The monoisotopic (exact) mass is 452 g/mol. The number of amides is 1. The molecule has 0 bridgehead atoms. The lowest BCUT2D eigenvalue weighted by atomic mass is 10.1. The van der Waals surface area contributed by atoms with Crippen LogP contribution in [0.4, 0.5) is 5.13 Å². The number of ether oxygens (including phenoxy) is 1. The Morgan fingerprint density at radius 1 is 1.27 bits per heavy atom. The number of hydrogen-bond acceptors (Lipinski definition) is 7. The van der Waals surface area contributed by atoms with Crippen LogP contribution in [0.25, 0.3) is 0 Å². The first-order chi connectivity index (χ1) is 14.3. The van der Waals surface area contributed by atoms with E-state index < -0.39 is 10.0 Å². The van der Waals surface area contributed by atoms with Crippen LogP contribution < -0.4 is 5.32 Å². The maximum absolute atomic E-state index is 12.4. The number of aromatic nitrogens is 1. The molecule has 1 aromatic heterocycles. The highest BCUT2D eigenvalue weighted by Gasteiger charge is 2.28. The molecular formula is C20H28N4O4S2. The van der Waals surface area contributed by atoms with E-state index in [9.17, 15) is 13.2 Å². The van der Waals surface area contributed by atoms with Crippen molar-refractivity contribution in [3.63, 3.8) is 0 Å². The van der Waals surface area contributed by atoms with Gasteiger partial charge < -0.3 is 10.1 Å². The molecule has 1 fully saturated rings. The molecule has 164 valence electrons. The zero-order chi connectivity index (χ0) is 21.6. The molecule has 1 amide bonds. The van der Waals surface area contributed by atoms with Crippen LogP contribution in [0.15, 0.2) is 36.5 Å². The average Bonchev–Trinajstić information content (AvgIpc) is 2.96. The number of aryl methyl sites for hydroxylation is 1.